The van der Waals surface area contributed by atoms with E-state index in [0.29, 0.717) is 26.4 Å². The number of hydrogen-bond donors (Lipinski definition) is 1. The van der Waals surface area contributed by atoms with E-state index >= 15 is 0 Å². The minimum atomic E-state index is -0.489. The first-order chi connectivity index (χ1) is 9.65. The maximum Gasteiger partial charge on any atom is 0.0900 e. The summed E-state index contributed by atoms with van der Waals surface area (Å²) in [4.78, 5) is 6.64. The summed E-state index contributed by atoms with van der Waals surface area (Å²) in [6.45, 7) is 7.65. The maximum absolute atomic E-state index is 9.95. The minimum Gasteiger partial charge on any atom is -0.389 e. The fourth-order valence-electron chi connectivity index (χ4n) is 1.93. The number of pyridine rings is 1. The summed E-state index contributed by atoms with van der Waals surface area (Å²) in [7, 11) is 1.63. The van der Waals surface area contributed by atoms with E-state index in [4.69, 9.17) is 9.47 Å². The Balaban J connectivity index is 2.34. The Hall–Kier alpha value is -1.01. The first-order valence-corrected chi connectivity index (χ1v) is 7.05. The van der Waals surface area contributed by atoms with Gasteiger partial charge in [-0.2, -0.15) is 0 Å². The van der Waals surface area contributed by atoms with E-state index < -0.39 is 6.10 Å². The highest BCUT2D eigenvalue weighted by Crippen LogP contribution is 2.04. The van der Waals surface area contributed by atoms with Crippen LogP contribution in [0.2, 0.25) is 0 Å². The van der Waals surface area contributed by atoms with Crippen LogP contribution < -0.4 is 0 Å². The molecule has 0 aliphatic rings. The predicted octanol–water partition coefficient (Wildman–Crippen LogP) is 1.24. The third kappa shape index (κ3) is 6.96. The Morgan fingerprint density at radius 3 is 2.80 bits per heavy atom. The molecule has 1 unspecified atom stereocenters. The van der Waals surface area contributed by atoms with Gasteiger partial charge in [-0.3, -0.25) is 9.88 Å². The van der Waals surface area contributed by atoms with Gasteiger partial charge in [-0.05, 0) is 25.6 Å². The molecule has 1 aromatic rings. The lowest BCUT2D eigenvalue weighted by Gasteiger charge is -2.23. The summed E-state index contributed by atoms with van der Waals surface area (Å²) >= 11 is 0. The standard InChI is InChI=1S/C15H26N2O3/c1-4-17(10-14-7-5-6-13(2)16-14)11-15(18)12-20-9-8-19-3/h5-7,15,18H,4,8-12H2,1-3H3. The van der Waals surface area contributed by atoms with Crippen molar-refractivity contribution in [2.24, 2.45) is 0 Å². The minimum absolute atomic E-state index is 0.334. The fraction of sp³-hybridized carbons (Fsp3) is 0.667. The number of likely N-dealkylation sites (N-methyl/N-ethyl adjacent to an activating group) is 1. The van der Waals surface area contributed by atoms with Crippen molar-refractivity contribution in [3.63, 3.8) is 0 Å². The quantitative estimate of drug-likeness (QED) is 0.654. The molecule has 1 rings (SSSR count). The number of hydrogen-bond acceptors (Lipinski definition) is 5. The smallest absolute Gasteiger partial charge is 0.0900 e. The average molecular weight is 282 g/mol. The molecule has 0 aromatic carbocycles. The summed E-state index contributed by atoms with van der Waals surface area (Å²) in [6, 6.07) is 6.01. The highest BCUT2D eigenvalue weighted by molar-refractivity contribution is 5.09. The lowest BCUT2D eigenvalue weighted by Crippen LogP contribution is -2.35. The number of aliphatic hydroxyl groups is 1. The van der Waals surface area contributed by atoms with Gasteiger partial charge in [0.15, 0.2) is 0 Å². The highest BCUT2D eigenvalue weighted by Gasteiger charge is 2.11. The van der Waals surface area contributed by atoms with Crippen molar-refractivity contribution in [3.05, 3.63) is 29.6 Å². The zero-order valence-corrected chi connectivity index (χ0v) is 12.7. The van der Waals surface area contributed by atoms with Crippen molar-refractivity contribution in [1.29, 1.82) is 0 Å². The molecule has 0 amide bonds. The number of rotatable bonds is 10. The van der Waals surface area contributed by atoms with E-state index in [0.717, 1.165) is 24.5 Å². The lowest BCUT2D eigenvalue weighted by molar-refractivity contribution is -0.00105. The van der Waals surface area contributed by atoms with Crippen molar-refractivity contribution < 1.29 is 14.6 Å². The van der Waals surface area contributed by atoms with Gasteiger partial charge in [0.1, 0.15) is 0 Å². The van der Waals surface area contributed by atoms with Gasteiger partial charge in [0.2, 0.25) is 0 Å². The molecule has 0 saturated heterocycles. The van der Waals surface area contributed by atoms with E-state index in [1.807, 2.05) is 25.1 Å². The fourth-order valence-corrected chi connectivity index (χ4v) is 1.93. The van der Waals surface area contributed by atoms with Crippen molar-refractivity contribution in [2.45, 2.75) is 26.5 Å². The molecular weight excluding hydrogens is 256 g/mol. The van der Waals surface area contributed by atoms with Crippen molar-refractivity contribution in [3.8, 4) is 0 Å². The zero-order valence-electron chi connectivity index (χ0n) is 12.7. The molecular formula is C15H26N2O3. The molecule has 5 heteroatoms. The van der Waals surface area contributed by atoms with Crippen molar-refractivity contribution >= 4 is 0 Å². The first kappa shape index (κ1) is 17.0. The van der Waals surface area contributed by atoms with Crippen molar-refractivity contribution in [1.82, 2.24) is 9.88 Å². The summed E-state index contributed by atoms with van der Waals surface area (Å²) in [5, 5.41) is 9.95. The number of aryl methyl sites for hydroxylation is 1. The maximum atomic E-state index is 9.95. The highest BCUT2D eigenvalue weighted by atomic mass is 16.5. The third-order valence-corrected chi connectivity index (χ3v) is 2.99. The second-order valence-corrected chi connectivity index (χ2v) is 4.82. The van der Waals surface area contributed by atoms with E-state index in [1.165, 1.54) is 0 Å². The van der Waals surface area contributed by atoms with Crippen molar-refractivity contribution in [2.75, 3.05) is 40.0 Å². The number of nitrogens with zero attached hydrogens (tertiary/aromatic N) is 2. The van der Waals surface area contributed by atoms with Crippen LogP contribution in [0.25, 0.3) is 0 Å². The van der Waals surface area contributed by atoms with Crippen LogP contribution >= 0.6 is 0 Å². The Morgan fingerprint density at radius 2 is 2.15 bits per heavy atom. The lowest BCUT2D eigenvalue weighted by atomic mass is 10.2. The van der Waals surface area contributed by atoms with E-state index in [2.05, 4.69) is 16.8 Å². The molecule has 0 aliphatic carbocycles. The van der Waals surface area contributed by atoms with Crippen LogP contribution in [-0.2, 0) is 16.0 Å². The number of aliphatic hydroxyl groups excluding tert-OH is 1. The van der Waals surface area contributed by atoms with Gasteiger partial charge in [-0.25, -0.2) is 0 Å². The van der Waals surface area contributed by atoms with Gasteiger partial charge in [0.25, 0.3) is 0 Å². The second kappa shape index (κ2) is 9.83. The molecule has 1 aromatic heterocycles. The summed E-state index contributed by atoms with van der Waals surface area (Å²) < 4.78 is 10.2. The molecule has 1 atom stereocenters. The van der Waals surface area contributed by atoms with E-state index in [-0.39, 0.29) is 0 Å². The second-order valence-electron chi connectivity index (χ2n) is 4.82. The summed E-state index contributed by atoms with van der Waals surface area (Å²) in [5.41, 5.74) is 2.04. The molecule has 0 bridgehead atoms. The van der Waals surface area contributed by atoms with Gasteiger partial charge in [-0.1, -0.05) is 13.0 Å². The molecule has 0 aliphatic heterocycles. The van der Waals surface area contributed by atoms with Crippen LogP contribution in [0.5, 0.6) is 0 Å². The molecule has 20 heavy (non-hydrogen) atoms. The monoisotopic (exact) mass is 282 g/mol. The topological polar surface area (TPSA) is 54.8 Å². The van der Waals surface area contributed by atoms with Crippen LogP contribution in [-0.4, -0.2) is 61.1 Å². The zero-order chi connectivity index (χ0) is 14.8. The summed E-state index contributed by atoms with van der Waals surface area (Å²) in [5.74, 6) is 0. The molecule has 5 nitrogen and oxygen atoms in total. The van der Waals surface area contributed by atoms with Crippen LogP contribution in [0.1, 0.15) is 18.3 Å². The van der Waals surface area contributed by atoms with Gasteiger partial charge >= 0.3 is 0 Å². The Morgan fingerprint density at radius 1 is 1.35 bits per heavy atom. The van der Waals surface area contributed by atoms with Crippen LogP contribution in [0, 0.1) is 6.92 Å². The third-order valence-electron chi connectivity index (χ3n) is 2.99. The average Bonchev–Trinajstić information content (AvgIpc) is 2.43. The molecule has 114 valence electrons. The first-order valence-electron chi connectivity index (χ1n) is 7.05. The molecule has 0 radical (unpaired) electrons. The van der Waals surface area contributed by atoms with Crippen LogP contribution in [0.4, 0.5) is 0 Å². The summed E-state index contributed by atoms with van der Waals surface area (Å²) in [6.07, 6.45) is -0.489. The largest absolute Gasteiger partial charge is 0.389 e. The number of methoxy groups -OCH3 is 1. The van der Waals surface area contributed by atoms with Gasteiger partial charge in [-0.15, -0.1) is 0 Å². The molecule has 0 fully saturated rings. The van der Waals surface area contributed by atoms with Gasteiger partial charge < -0.3 is 14.6 Å². The molecule has 1 heterocycles. The molecule has 1 N–H and O–H groups in total. The Bertz CT molecular complexity index is 374. The van der Waals surface area contributed by atoms with Gasteiger partial charge in [0, 0.05) is 25.9 Å². The van der Waals surface area contributed by atoms with Crippen LogP contribution in [0.3, 0.4) is 0 Å². The number of ether oxygens (including phenoxy) is 2. The Labute approximate surface area is 121 Å². The predicted molar refractivity (Wildman–Crippen MR) is 78.6 cm³/mol. The Kier molecular flexibility index (Phi) is 8.37. The van der Waals surface area contributed by atoms with E-state index in [1.54, 1.807) is 7.11 Å². The normalized spacial score (nSPS) is 12.8. The SMILES string of the molecule is CCN(Cc1cccc(C)n1)CC(O)COCCOC. The molecule has 0 spiro atoms. The molecule has 0 saturated carbocycles. The van der Waals surface area contributed by atoms with Crippen LogP contribution in [0.15, 0.2) is 18.2 Å². The number of aromatic nitrogens is 1. The van der Waals surface area contributed by atoms with Gasteiger partial charge in [0.05, 0.1) is 31.6 Å². The van der Waals surface area contributed by atoms with E-state index in [9.17, 15) is 5.11 Å².